The van der Waals surface area contributed by atoms with Gasteiger partial charge >= 0.3 is 0 Å². The molecule has 0 aliphatic heterocycles. The van der Waals surface area contributed by atoms with Crippen molar-refractivity contribution >= 4 is 44.9 Å². The summed E-state index contributed by atoms with van der Waals surface area (Å²) in [6.07, 6.45) is 3.34. The summed E-state index contributed by atoms with van der Waals surface area (Å²) in [7, 11) is 0. The number of carbonyl (C=O) groups is 1. The number of aromatic nitrogens is 1. The largest absolute Gasteiger partial charge is 0.380 e. The fourth-order valence-electron chi connectivity index (χ4n) is 2.86. The van der Waals surface area contributed by atoms with Crippen molar-refractivity contribution in [3.8, 4) is 0 Å². The van der Waals surface area contributed by atoms with Crippen molar-refractivity contribution < 1.29 is 9.53 Å². The monoisotopic (exact) mass is 386 g/mol. The summed E-state index contributed by atoms with van der Waals surface area (Å²) in [5.74, 6) is -0.246. The summed E-state index contributed by atoms with van der Waals surface area (Å²) >= 11 is 3.15. The number of aryl methyl sites for hydroxylation is 2. The highest BCUT2D eigenvalue weighted by Crippen LogP contribution is 2.23. The molecular weight excluding hydrogens is 364 g/mol. The van der Waals surface area contributed by atoms with Crippen molar-refractivity contribution in [2.45, 2.75) is 27.3 Å². The van der Waals surface area contributed by atoms with E-state index in [0.29, 0.717) is 24.6 Å². The lowest BCUT2D eigenvalue weighted by Crippen LogP contribution is -2.19. The smallest absolute Gasteiger partial charge is 0.272 e. The van der Waals surface area contributed by atoms with Crippen LogP contribution in [0.5, 0.6) is 0 Å². The van der Waals surface area contributed by atoms with E-state index in [1.165, 1.54) is 17.2 Å². The van der Waals surface area contributed by atoms with Crippen molar-refractivity contribution in [3.63, 3.8) is 0 Å². The van der Waals surface area contributed by atoms with Gasteiger partial charge in [-0.15, -0.1) is 11.3 Å². The van der Waals surface area contributed by atoms with Crippen molar-refractivity contribution in [2.24, 2.45) is 4.99 Å². The number of thiophene rings is 1. The Morgan fingerprint density at radius 2 is 2.19 bits per heavy atom. The highest BCUT2D eigenvalue weighted by molar-refractivity contribution is 7.16. The van der Waals surface area contributed by atoms with E-state index < -0.39 is 0 Å². The van der Waals surface area contributed by atoms with Crippen molar-refractivity contribution in [3.05, 3.63) is 56.5 Å². The van der Waals surface area contributed by atoms with Crippen LogP contribution in [0.3, 0.4) is 0 Å². The standard InChI is InChI=1S/C20H22N2O2S2/c1-4-24-10-9-22-19-15(3)12-14(2)13-17(19)26-20(22)21-18(23)8-7-16-6-5-11-25-16/h5-8,11-13H,4,9-10H2,1-3H3/b8-7+,21-20?. The molecule has 2 aromatic heterocycles. The number of benzene rings is 1. The summed E-state index contributed by atoms with van der Waals surface area (Å²) < 4.78 is 8.76. The summed E-state index contributed by atoms with van der Waals surface area (Å²) in [4.78, 5) is 18.4. The lowest BCUT2D eigenvalue weighted by Gasteiger charge is -2.08. The molecule has 0 spiro atoms. The first-order valence-electron chi connectivity index (χ1n) is 8.57. The summed E-state index contributed by atoms with van der Waals surface area (Å²) in [5.41, 5.74) is 3.54. The van der Waals surface area contributed by atoms with Crippen LogP contribution in [-0.2, 0) is 16.1 Å². The first kappa shape index (κ1) is 18.8. The second-order valence-corrected chi connectivity index (χ2v) is 7.95. The van der Waals surface area contributed by atoms with E-state index in [9.17, 15) is 4.79 Å². The molecule has 0 aliphatic carbocycles. The number of ether oxygens (including phenoxy) is 1. The van der Waals surface area contributed by atoms with Crippen LogP contribution in [-0.4, -0.2) is 23.7 Å². The predicted molar refractivity (Wildman–Crippen MR) is 110 cm³/mol. The van der Waals surface area contributed by atoms with Gasteiger partial charge in [0.15, 0.2) is 4.80 Å². The molecule has 1 amide bonds. The lowest BCUT2D eigenvalue weighted by atomic mass is 10.1. The van der Waals surface area contributed by atoms with E-state index in [4.69, 9.17) is 4.74 Å². The summed E-state index contributed by atoms with van der Waals surface area (Å²) in [6, 6.07) is 8.25. The van der Waals surface area contributed by atoms with Crippen LogP contribution in [0.25, 0.3) is 16.3 Å². The van der Waals surface area contributed by atoms with Crippen LogP contribution >= 0.6 is 22.7 Å². The molecule has 0 aliphatic rings. The highest BCUT2D eigenvalue weighted by atomic mass is 32.1. The van der Waals surface area contributed by atoms with Gasteiger partial charge in [0.2, 0.25) is 0 Å². The molecule has 0 atom stereocenters. The van der Waals surface area contributed by atoms with Crippen molar-refractivity contribution in [1.29, 1.82) is 0 Å². The molecule has 2 heterocycles. The van der Waals surface area contributed by atoms with Crippen LogP contribution in [0.2, 0.25) is 0 Å². The normalized spacial score (nSPS) is 12.5. The first-order valence-corrected chi connectivity index (χ1v) is 10.3. The Hall–Kier alpha value is -2.02. The molecule has 136 valence electrons. The van der Waals surface area contributed by atoms with E-state index >= 15 is 0 Å². The Bertz CT molecular complexity index is 995. The minimum Gasteiger partial charge on any atom is -0.380 e. The zero-order valence-electron chi connectivity index (χ0n) is 15.2. The zero-order chi connectivity index (χ0) is 18.5. The van der Waals surface area contributed by atoms with Crippen LogP contribution in [0.1, 0.15) is 22.9 Å². The van der Waals surface area contributed by atoms with Gasteiger partial charge in [0.1, 0.15) is 0 Å². The minimum absolute atomic E-state index is 0.246. The molecule has 0 saturated heterocycles. The number of carbonyl (C=O) groups excluding carboxylic acids is 1. The number of hydrogen-bond donors (Lipinski definition) is 0. The number of amides is 1. The van der Waals surface area contributed by atoms with E-state index in [0.717, 1.165) is 15.1 Å². The fraction of sp³-hybridized carbons (Fsp3) is 0.300. The molecule has 0 radical (unpaired) electrons. The van der Waals surface area contributed by atoms with Gasteiger partial charge in [0.05, 0.1) is 16.8 Å². The zero-order valence-corrected chi connectivity index (χ0v) is 16.8. The molecule has 4 nitrogen and oxygen atoms in total. The maximum atomic E-state index is 12.3. The second kappa shape index (κ2) is 8.58. The Labute approximate surface area is 161 Å². The van der Waals surface area contributed by atoms with E-state index in [2.05, 4.69) is 35.5 Å². The van der Waals surface area contributed by atoms with Crippen LogP contribution < -0.4 is 4.80 Å². The van der Waals surface area contributed by atoms with Gasteiger partial charge in [0.25, 0.3) is 5.91 Å². The number of rotatable bonds is 6. The third-order valence-electron chi connectivity index (χ3n) is 3.91. The third-order valence-corrected chi connectivity index (χ3v) is 5.78. The maximum Gasteiger partial charge on any atom is 0.272 e. The van der Waals surface area contributed by atoms with E-state index in [1.807, 2.05) is 30.5 Å². The van der Waals surface area contributed by atoms with E-state index in [1.54, 1.807) is 22.7 Å². The molecule has 0 unspecified atom stereocenters. The molecule has 1 aromatic carbocycles. The Balaban J connectivity index is 2.01. The topological polar surface area (TPSA) is 43.6 Å². The summed E-state index contributed by atoms with van der Waals surface area (Å²) in [6.45, 7) is 8.12. The fourth-order valence-corrected chi connectivity index (χ4v) is 4.71. The average Bonchev–Trinajstić information content (AvgIpc) is 3.21. The second-order valence-electron chi connectivity index (χ2n) is 5.96. The van der Waals surface area contributed by atoms with Crippen LogP contribution in [0.4, 0.5) is 0 Å². The van der Waals surface area contributed by atoms with Gasteiger partial charge in [-0.25, -0.2) is 0 Å². The highest BCUT2D eigenvalue weighted by Gasteiger charge is 2.10. The molecule has 26 heavy (non-hydrogen) atoms. The van der Waals surface area contributed by atoms with Gasteiger partial charge < -0.3 is 9.30 Å². The number of fused-ring (bicyclic) bond motifs is 1. The van der Waals surface area contributed by atoms with E-state index in [-0.39, 0.29) is 5.91 Å². The molecule has 3 rings (SSSR count). The van der Waals surface area contributed by atoms with Gasteiger partial charge in [0, 0.05) is 24.1 Å². The van der Waals surface area contributed by atoms with Crippen molar-refractivity contribution in [1.82, 2.24) is 4.57 Å². The molecule has 0 saturated carbocycles. The lowest BCUT2D eigenvalue weighted by molar-refractivity contribution is -0.113. The quantitative estimate of drug-likeness (QED) is 0.460. The first-order chi connectivity index (χ1) is 12.6. The van der Waals surface area contributed by atoms with Crippen molar-refractivity contribution in [2.75, 3.05) is 13.2 Å². The Kier molecular flexibility index (Phi) is 6.19. The molecule has 3 aromatic rings. The van der Waals surface area contributed by atoms with Gasteiger partial charge in [-0.3, -0.25) is 4.79 Å². The van der Waals surface area contributed by atoms with Gasteiger partial charge in [-0.2, -0.15) is 4.99 Å². The predicted octanol–water partition coefficient (Wildman–Crippen LogP) is 4.56. The Morgan fingerprint density at radius 1 is 1.35 bits per heavy atom. The number of nitrogens with zero attached hydrogens (tertiary/aromatic N) is 2. The van der Waals surface area contributed by atoms with Crippen LogP contribution in [0, 0.1) is 13.8 Å². The molecular formula is C20H22N2O2S2. The number of thiazole rings is 1. The molecule has 0 N–H and O–H groups in total. The number of hydrogen-bond acceptors (Lipinski definition) is 4. The average molecular weight is 387 g/mol. The summed E-state index contributed by atoms with van der Waals surface area (Å²) in [5, 5.41) is 1.99. The minimum atomic E-state index is -0.246. The SMILES string of the molecule is CCOCCn1c(=NC(=O)/C=C/c2cccs2)sc2cc(C)cc(C)c21. The maximum absolute atomic E-state index is 12.3. The molecule has 6 heteroatoms. The molecule has 0 bridgehead atoms. The third kappa shape index (κ3) is 4.38. The molecule has 0 fully saturated rings. The Morgan fingerprint density at radius 3 is 2.92 bits per heavy atom. The van der Waals surface area contributed by atoms with Gasteiger partial charge in [-0.05, 0) is 55.5 Å². The van der Waals surface area contributed by atoms with Crippen LogP contribution in [0.15, 0.2) is 40.7 Å². The van der Waals surface area contributed by atoms with Gasteiger partial charge in [-0.1, -0.05) is 23.5 Å².